The topological polar surface area (TPSA) is 65.9 Å². The molecule has 2 fully saturated rings. The van der Waals surface area contributed by atoms with E-state index in [0.717, 1.165) is 76.7 Å². The zero-order valence-electron chi connectivity index (χ0n) is 20.4. The maximum atomic E-state index is 14.7. The van der Waals surface area contributed by atoms with Crippen LogP contribution < -0.4 is 9.64 Å². The van der Waals surface area contributed by atoms with Gasteiger partial charge < -0.3 is 19.6 Å². The maximum absolute atomic E-state index is 14.7. The normalized spacial score (nSPS) is 22.4. The van der Waals surface area contributed by atoms with Gasteiger partial charge in [0.25, 0.3) is 0 Å². The van der Waals surface area contributed by atoms with Gasteiger partial charge in [-0.25, -0.2) is 4.39 Å². The molecular formula is C27H38FN3O3. The molecule has 2 heterocycles. The van der Waals surface area contributed by atoms with Gasteiger partial charge in [-0.05, 0) is 75.1 Å². The van der Waals surface area contributed by atoms with Crippen molar-refractivity contribution in [3.63, 3.8) is 0 Å². The molecule has 1 aliphatic carbocycles. The van der Waals surface area contributed by atoms with Crippen LogP contribution in [0.2, 0.25) is 0 Å². The van der Waals surface area contributed by atoms with Crippen molar-refractivity contribution in [1.29, 1.82) is 0 Å². The Hall–Kier alpha value is -2.67. The summed E-state index contributed by atoms with van der Waals surface area (Å²) in [6.45, 7) is 6.50. The van der Waals surface area contributed by atoms with E-state index < -0.39 is 0 Å². The molecule has 7 heteroatoms. The molecule has 0 bridgehead atoms. The lowest BCUT2D eigenvalue weighted by atomic mass is 9.90. The van der Waals surface area contributed by atoms with Crippen molar-refractivity contribution in [1.82, 2.24) is 9.88 Å². The van der Waals surface area contributed by atoms with E-state index >= 15 is 0 Å². The summed E-state index contributed by atoms with van der Waals surface area (Å²) in [5.41, 5.74) is 0.860. The highest BCUT2D eigenvalue weighted by Gasteiger charge is 2.26. The van der Waals surface area contributed by atoms with E-state index in [2.05, 4.69) is 9.88 Å². The van der Waals surface area contributed by atoms with Gasteiger partial charge in [-0.3, -0.25) is 9.78 Å². The van der Waals surface area contributed by atoms with Gasteiger partial charge in [0.2, 0.25) is 6.41 Å². The van der Waals surface area contributed by atoms with E-state index in [4.69, 9.17) is 4.74 Å². The van der Waals surface area contributed by atoms with Crippen LogP contribution in [-0.4, -0.2) is 53.2 Å². The Morgan fingerprint density at radius 1 is 1.21 bits per heavy atom. The van der Waals surface area contributed by atoms with Gasteiger partial charge >= 0.3 is 0 Å². The fourth-order valence-electron chi connectivity index (χ4n) is 4.88. The van der Waals surface area contributed by atoms with Crippen molar-refractivity contribution in [3.8, 4) is 11.5 Å². The number of pyridine rings is 1. The quantitative estimate of drug-likeness (QED) is 0.522. The Bertz CT molecular complexity index is 875. The first-order chi connectivity index (χ1) is 16.6. The number of carbonyl (C=O) groups excluding carboxylic acids is 1. The Morgan fingerprint density at radius 2 is 2.00 bits per heavy atom. The van der Waals surface area contributed by atoms with Crippen LogP contribution in [0.5, 0.6) is 11.5 Å². The van der Waals surface area contributed by atoms with Crippen molar-refractivity contribution in [2.24, 2.45) is 5.92 Å². The summed E-state index contributed by atoms with van der Waals surface area (Å²) >= 11 is 0. The molecule has 1 amide bonds. The number of aliphatic hydroxyl groups is 1. The number of hydrogen-bond acceptors (Lipinski definition) is 5. The molecule has 2 aromatic rings. The highest BCUT2D eigenvalue weighted by atomic mass is 19.1. The second-order valence-electron chi connectivity index (χ2n) is 8.95. The number of benzene rings is 1. The fourth-order valence-corrected chi connectivity index (χ4v) is 4.88. The molecule has 1 aromatic heterocycles. The van der Waals surface area contributed by atoms with Crippen LogP contribution in [0.25, 0.3) is 0 Å². The molecule has 0 radical (unpaired) electrons. The summed E-state index contributed by atoms with van der Waals surface area (Å²) in [6.07, 6.45) is 10.4. The second-order valence-corrected chi connectivity index (χ2v) is 8.95. The Kier molecular flexibility index (Phi) is 10.1. The van der Waals surface area contributed by atoms with Crippen molar-refractivity contribution < 1.29 is 19.0 Å². The lowest BCUT2D eigenvalue weighted by Crippen LogP contribution is -2.41. The lowest BCUT2D eigenvalue weighted by Gasteiger charge is -2.37. The van der Waals surface area contributed by atoms with E-state index in [1.165, 1.54) is 0 Å². The van der Waals surface area contributed by atoms with Crippen molar-refractivity contribution in [2.75, 3.05) is 24.5 Å². The predicted octanol–water partition coefficient (Wildman–Crippen LogP) is 5.41. The van der Waals surface area contributed by atoms with Gasteiger partial charge in [-0.15, -0.1) is 0 Å². The number of aromatic nitrogens is 1. The van der Waals surface area contributed by atoms with Crippen LogP contribution in [0.1, 0.15) is 58.8 Å². The van der Waals surface area contributed by atoms with Crippen LogP contribution in [0.4, 0.5) is 10.1 Å². The van der Waals surface area contributed by atoms with Crippen molar-refractivity contribution >= 4 is 12.1 Å². The van der Waals surface area contributed by atoms with E-state index in [9.17, 15) is 14.3 Å². The van der Waals surface area contributed by atoms with Crippen LogP contribution in [0.3, 0.4) is 0 Å². The van der Waals surface area contributed by atoms with Gasteiger partial charge in [0.05, 0.1) is 12.3 Å². The van der Waals surface area contributed by atoms with Crippen LogP contribution in [0.15, 0.2) is 42.7 Å². The number of hydrogen-bond donors (Lipinski definition) is 1. The summed E-state index contributed by atoms with van der Waals surface area (Å²) in [4.78, 5) is 19.8. The minimum absolute atomic E-state index is 0.189. The smallest absolute Gasteiger partial charge is 0.209 e. The standard InChI is InChI=1S/C25H32FN3O3.C2H6/c26-24-15-21(7-10-25(24)32-23-4-1-12-27-16-23)28-13-2-3-19(17-28)11-14-29(18-30)20-5-8-22(31)9-6-20;1-2/h1,4,7,10,12,15-16,18-20,22,31H,2-3,5-6,8-9,11,13-14,17H2;1-2H3. The molecule has 1 saturated carbocycles. The van der Waals surface area contributed by atoms with Gasteiger partial charge in [0.1, 0.15) is 5.75 Å². The molecule has 1 aromatic carbocycles. The molecule has 34 heavy (non-hydrogen) atoms. The number of carbonyl (C=O) groups is 1. The Morgan fingerprint density at radius 3 is 2.68 bits per heavy atom. The van der Waals surface area contributed by atoms with E-state index in [-0.39, 0.29) is 23.7 Å². The first-order valence-electron chi connectivity index (χ1n) is 12.6. The summed E-state index contributed by atoms with van der Waals surface area (Å²) in [7, 11) is 0. The van der Waals surface area contributed by atoms with E-state index in [1.807, 2.05) is 24.8 Å². The number of anilines is 1. The molecule has 1 saturated heterocycles. The number of rotatable bonds is 8. The summed E-state index contributed by atoms with van der Waals surface area (Å²) < 4.78 is 20.3. The van der Waals surface area contributed by atoms with Crippen molar-refractivity contribution in [3.05, 3.63) is 48.5 Å². The average Bonchev–Trinajstić information content (AvgIpc) is 2.88. The summed E-state index contributed by atoms with van der Waals surface area (Å²) in [5.74, 6) is 0.772. The number of nitrogens with zero attached hydrogens (tertiary/aromatic N) is 3. The average molecular weight is 472 g/mol. The predicted molar refractivity (Wildman–Crippen MR) is 133 cm³/mol. The SMILES string of the molecule is CC.O=CN(CCC1CCCN(c2ccc(Oc3cccnc3)c(F)c2)C1)C1CCC(O)CC1. The minimum Gasteiger partial charge on any atom is -0.453 e. The van der Waals surface area contributed by atoms with Crippen LogP contribution in [0, 0.1) is 11.7 Å². The van der Waals surface area contributed by atoms with E-state index in [1.54, 1.807) is 36.7 Å². The third kappa shape index (κ3) is 7.16. The molecule has 1 N–H and O–H groups in total. The number of halogens is 1. The van der Waals surface area contributed by atoms with Crippen molar-refractivity contribution in [2.45, 2.75) is 70.9 Å². The molecule has 6 nitrogen and oxygen atoms in total. The summed E-state index contributed by atoms with van der Waals surface area (Å²) in [5, 5.41) is 9.71. The monoisotopic (exact) mass is 471 g/mol. The number of ether oxygens (including phenoxy) is 1. The zero-order valence-corrected chi connectivity index (χ0v) is 20.4. The first kappa shape index (κ1) is 25.9. The maximum Gasteiger partial charge on any atom is 0.209 e. The fraction of sp³-hybridized carbons (Fsp3) is 0.556. The highest BCUT2D eigenvalue weighted by Crippen LogP contribution is 2.31. The van der Waals surface area contributed by atoms with Gasteiger partial charge in [0, 0.05) is 43.6 Å². The number of piperidine rings is 1. The highest BCUT2D eigenvalue weighted by molar-refractivity contribution is 5.51. The number of aliphatic hydroxyl groups excluding tert-OH is 1. The molecule has 1 unspecified atom stereocenters. The third-order valence-electron chi connectivity index (χ3n) is 6.73. The molecule has 4 rings (SSSR count). The van der Waals surface area contributed by atoms with Crippen LogP contribution in [-0.2, 0) is 4.79 Å². The minimum atomic E-state index is -0.389. The van der Waals surface area contributed by atoms with Gasteiger partial charge in [-0.1, -0.05) is 13.8 Å². The number of amides is 1. The Balaban J connectivity index is 0.00000158. The molecule has 1 atom stereocenters. The molecule has 186 valence electrons. The largest absolute Gasteiger partial charge is 0.453 e. The van der Waals surface area contributed by atoms with Gasteiger partial charge in [0.15, 0.2) is 11.6 Å². The van der Waals surface area contributed by atoms with Crippen LogP contribution >= 0.6 is 0 Å². The first-order valence-corrected chi connectivity index (χ1v) is 12.6. The zero-order chi connectivity index (χ0) is 24.3. The molecular weight excluding hydrogens is 433 g/mol. The second kappa shape index (κ2) is 13.3. The Labute approximate surface area is 202 Å². The molecule has 1 aliphatic heterocycles. The molecule has 2 aliphatic rings. The molecule has 0 spiro atoms. The lowest BCUT2D eigenvalue weighted by molar-refractivity contribution is -0.121. The van der Waals surface area contributed by atoms with E-state index in [0.29, 0.717) is 11.7 Å². The third-order valence-corrected chi connectivity index (χ3v) is 6.73. The van der Waals surface area contributed by atoms with Gasteiger partial charge in [-0.2, -0.15) is 0 Å². The summed E-state index contributed by atoms with van der Waals surface area (Å²) in [6, 6.07) is 8.86.